The van der Waals surface area contributed by atoms with E-state index in [0.29, 0.717) is 0 Å². The van der Waals surface area contributed by atoms with Crippen molar-refractivity contribution in [2.45, 2.75) is 19.4 Å². The zero-order valence-electron chi connectivity index (χ0n) is 4.07. The highest BCUT2D eigenvalue weighted by Gasteiger charge is 1.76. The molecule has 0 bridgehead atoms. The minimum Gasteiger partial charge on any atom is -0.208 e. The van der Waals surface area contributed by atoms with Crippen LogP contribution in [0.4, 0.5) is 0 Å². The van der Waals surface area contributed by atoms with Gasteiger partial charge in [0.2, 0.25) is 0 Å². The summed E-state index contributed by atoms with van der Waals surface area (Å²) in [4.78, 5) is 0. The van der Waals surface area contributed by atoms with Gasteiger partial charge in [-0.3, -0.25) is 0 Å². The van der Waals surface area contributed by atoms with Crippen LogP contribution < -0.4 is 0 Å². The molecule has 0 saturated heterocycles. The first-order chi connectivity index (χ1) is 2.91. The Kier molecular flexibility index (Phi) is 4.48. The van der Waals surface area contributed by atoms with Crippen LogP contribution in [0.25, 0.3) is 0 Å². The first kappa shape index (κ1) is 5.71. The van der Waals surface area contributed by atoms with Crippen LogP contribution in [0.1, 0.15) is 13.3 Å². The number of nitriles is 1. The molecule has 2 heteroatoms. The molecule has 0 N–H and O–H groups in total. The van der Waals surface area contributed by atoms with Crippen molar-refractivity contribution in [1.82, 2.24) is 0 Å². The van der Waals surface area contributed by atoms with E-state index in [1.54, 1.807) is 0 Å². The summed E-state index contributed by atoms with van der Waals surface area (Å²) >= 11 is 0. The maximum absolute atomic E-state index is 8.01. The summed E-state index contributed by atoms with van der Waals surface area (Å²) in [5.41, 5.74) is 2.21. The Morgan fingerprint density at radius 2 is 2.50 bits per heavy atom. The van der Waals surface area contributed by atoms with Crippen molar-refractivity contribution in [3.8, 4) is 5.69 Å². The van der Waals surface area contributed by atoms with Gasteiger partial charge in [0.25, 0.3) is 0 Å². The molecule has 0 aliphatic carbocycles. The van der Waals surface area contributed by atoms with Gasteiger partial charge in [-0.2, -0.15) is 0 Å². The first-order valence-electron chi connectivity index (χ1n) is 2.28. The van der Waals surface area contributed by atoms with Crippen LogP contribution in [-0.2, 0) is 0 Å². The van der Waals surface area contributed by atoms with Crippen molar-refractivity contribution >= 4 is 9.52 Å². The second kappa shape index (κ2) is 4.71. The predicted molar refractivity (Wildman–Crippen MR) is 29.3 cm³/mol. The van der Waals surface area contributed by atoms with Crippen molar-refractivity contribution in [2.75, 3.05) is 0 Å². The van der Waals surface area contributed by atoms with Gasteiger partial charge >= 0.3 is 0 Å². The van der Waals surface area contributed by atoms with Crippen molar-refractivity contribution in [3.05, 3.63) is 0 Å². The van der Waals surface area contributed by atoms with Crippen molar-refractivity contribution in [2.24, 2.45) is 0 Å². The van der Waals surface area contributed by atoms with Crippen LogP contribution in [0.3, 0.4) is 0 Å². The van der Waals surface area contributed by atoms with Gasteiger partial charge in [0.1, 0.15) is 9.52 Å². The summed E-state index contributed by atoms with van der Waals surface area (Å²) in [5.74, 6) is 0. The van der Waals surface area contributed by atoms with Gasteiger partial charge in [0.05, 0.1) is 0 Å². The number of hydrogen-bond acceptors (Lipinski definition) is 1. The standard InChI is InChI=1S/C4H9NSi/c1-2-3-6-4-5/h2-3,6H2,1H3. The Balaban J connectivity index is 2.54. The third-order valence-electron chi connectivity index (χ3n) is 0.642. The van der Waals surface area contributed by atoms with Gasteiger partial charge in [-0.15, -0.1) is 0 Å². The fourth-order valence-electron chi connectivity index (χ4n) is 0.256. The SMILES string of the molecule is CCC[SiH2]C#N. The highest BCUT2D eigenvalue weighted by molar-refractivity contribution is 6.44. The van der Waals surface area contributed by atoms with E-state index in [-0.39, 0.29) is 9.52 Å². The predicted octanol–water partition coefficient (Wildman–Crippen LogP) is 0.465. The van der Waals surface area contributed by atoms with E-state index in [9.17, 15) is 0 Å². The molecule has 0 fully saturated rings. The molecule has 0 spiro atoms. The first-order valence-corrected chi connectivity index (χ1v) is 3.99. The fraction of sp³-hybridized carbons (Fsp3) is 0.750. The van der Waals surface area contributed by atoms with E-state index in [2.05, 4.69) is 12.6 Å². The number of nitrogens with zero attached hydrogens (tertiary/aromatic N) is 1. The zero-order valence-corrected chi connectivity index (χ0v) is 5.48. The molecule has 0 rings (SSSR count). The van der Waals surface area contributed by atoms with Crippen LogP contribution in [-0.4, -0.2) is 9.52 Å². The van der Waals surface area contributed by atoms with Gasteiger partial charge in [-0.05, 0) is 0 Å². The Morgan fingerprint density at radius 1 is 1.83 bits per heavy atom. The van der Waals surface area contributed by atoms with Gasteiger partial charge < -0.3 is 0 Å². The number of rotatable bonds is 2. The maximum atomic E-state index is 8.01. The van der Waals surface area contributed by atoms with Crippen LogP contribution in [0.5, 0.6) is 0 Å². The summed E-state index contributed by atoms with van der Waals surface area (Å²) in [5, 5.41) is 8.01. The third-order valence-corrected chi connectivity index (χ3v) is 1.93. The molecule has 0 aliphatic rings. The van der Waals surface area contributed by atoms with E-state index in [4.69, 9.17) is 5.26 Å². The lowest BCUT2D eigenvalue weighted by atomic mass is 10.6. The van der Waals surface area contributed by atoms with Crippen LogP contribution >= 0.6 is 0 Å². The maximum Gasteiger partial charge on any atom is 0.142 e. The minimum absolute atomic E-state index is 0.273. The molecule has 0 heterocycles. The second-order valence-electron chi connectivity index (χ2n) is 1.26. The van der Waals surface area contributed by atoms with Crippen LogP contribution in [0, 0.1) is 11.0 Å². The largest absolute Gasteiger partial charge is 0.208 e. The Hall–Kier alpha value is -0.293. The molecular weight excluding hydrogens is 90.1 g/mol. The molecule has 0 atom stereocenters. The van der Waals surface area contributed by atoms with E-state index >= 15 is 0 Å². The molecule has 6 heavy (non-hydrogen) atoms. The van der Waals surface area contributed by atoms with Gasteiger partial charge in [0.15, 0.2) is 0 Å². The summed E-state index contributed by atoms with van der Waals surface area (Å²) < 4.78 is 0. The molecule has 0 aromatic carbocycles. The number of hydrogen-bond donors (Lipinski definition) is 0. The molecule has 0 aromatic heterocycles. The monoisotopic (exact) mass is 99.1 g/mol. The zero-order chi connectivity index (χ0) is 4.83. The molecular formula is C4H9NSi. The highest BCUT2D eigenvalue weighted by Crippen LogP contribution is 1.80. The minimum atomic E-state index is -0.273. The molecule has 0 unspecified atom stereocenters. The lowest BCUT2D eigenvalue weighted by Gasteiger charge is -1.75. The summed E-state index contributed by atoms with van der Waals surface area (Å²) in [6.45, 7) is 2.12. The summed E-state index contributed by atoms with van der Waals surface area (Å²) in [7, 11) is -0.273. The summed E-state index contributed by atoms with van der Waals surface area (Å²) in [6, 6.07) is 1.19. The third kappa shape index (κ3) is 3.71. The topological polar surface area (TPSA) is 23.8 Å². The molecule has 0 aliphatic heterocycles. The van der Waals surface area contributed by atoms with E-state index in [1.165, 1.54) is 12.5 Å². The molecule has 1 nitrogen and oxygen atoms in total. The second-order valence-corrected chi connectivity index (χ2v) is 2.79. The Bertz CT molecular complexity index is 55.1. The van der Waals surface area contributed by atoms with Crippen molar-refractivity contribution in [3.63, 3.8) is 0 Å². The molecule has 0 saturated carbocycles. The molecule has 34 valence electrons. The Labute approximate surface area is 40.8 Å². The lowest BCUT2D eigenvalue weighted by Crippen LogP contribution is -1.78. The fourth-order valence-corrected chi connectivity index (χ4v) is 0.768. The average molecular weight is 99.2 g/mol. The normalized spacial score (nSPS) is 9.33. The molecule has 0 amide bonds. The smallest absolute Gasteiger partial charge is 0.142 e. The van der Waals surface area contributed by atoms with E-state index in [1.807, 2.05) is 0 Å². The Morgan fingerprint density at radius 3 is 2.67 bits per heavy atom. The average Bonchev–Trinajstić information content (AvgIpc) is 1.61. The van der Waals surface area contributed by atoms with Gasteiger partial charge in [-0.25, -0.2) is 5.26 Å². The molecule has 0 aromatic rings. The van der Waals surface area contributed by atoms with Crippen molar-refractivity contribution in [1.29, 1.82) is 5.26 Å². The quantitative estimate of drug-likeness (QED) is 0.364. The van der Waals surface area contributed by atoms with Crippen molar-refractivity contribution < 1.29 is 0 Å². The lowest BCUT2D eigenvalue weighted by molar-refractivity contribution is 1.08. The van der Waals surface area contributed by atoms with E-state index in [0.717, 1.165) is 0 Å². The highest BCUT2D eigenvalue weighted by atomic mass is 28.2. The van der Waals surface area contributed by atoms with Crippen LogP contribution in [0.15, 0.2) is 0 Å². The summed E-state index contributed by atoms with van der Waals surface area (Å²) in [6.07, 6.45) is 1.19. The van der Waals surface area contributed by atoms with Crippen LogP contribution in [0.2, 0.25) is 6.04 Å². The van der Waals surface area contributed by atoms with Gasteiger partial charge in [0, 0.05) is 5.69 Å². The molecule has 0 radical (unpaired) electrons. The van der Waals surface area contributed by atoms with E-state index < -0.39 is 0 Å². The van der Waals surface area contributed by atoms with Gasteiger partial charge in [-0.1, -0.05) is 19.4 Å².